The number of nitrogens with one attached hydrogen (secondary N) is 1. The van der Waals surface area contributed by atoms with Crippen molar-refractivity contribution < 1.29 is 0 Å². The molecule has 0 amide bonds. The number of fused-ring (bicyclic) bond motifs is 1. The van der Waals surface area contributed by atoms with Crippen molar-refractivity contribution in [1.82, 2.24) is 15.2 Å². The third-order valence-electron chi connectivity index (χ3n) is 3.05. The van der Waals surface area contributed by atoms with Crippen LogP contribution in [-0.4, -0.2) is 15.2 Å². The molecule has 3 rings (SSSR count). The lowest BCUT2D eigenvalue weighted by Gasteiger charge is -2.06. The van der Waals surface area contributed by atoms with Gasteiger partial charge in [-0.1, -0.05) is 24.3 Å². The summed E-state index contributed by atoms with van der Waals surface area (Å²) in [5.74, 6) is 0. The molecule has 0 radical (unpaired) electrons. The molecule has 0 fully saturated rings. The predicted octanol–water partition coefficient (Wildman–Crippen LogP) is 3.24. The quantitative estimate of drug-likeness (QED) is 0.688. The molecule has 0 aliphatic rings. The Kier molecular flexibility index (Phi) is 2.18. The van der Waals surface area contributed by atoms with Gasteiger partial charge in [-0.2, -0.15) is 5.10 Å². The largest absolute Gasteiger partial charge is 0.282 e. The Balaban J connectivity index is 2.38. The van der Waals surface area contributed by atoms with Gasteiger partial charge in [-0.25, -0.2) is 0 Å². The Bertz CT molecular complexity index is 683. The molecule has 0 atom stereocenters. The van der Waals surface area contributed by atoms with Gasteiger partial charge in [0.05, 0.1) is 11.2 Å². The van der Waals surface area contributed by atoms with Crippen molar-refractivity contribution in [2.45, 2.75) is 13.8 Å². The summed E-state index contributed by atoms with van der Waals surface area (Å²) in [5.41, 5.74) is 5.43. The molecule has 3 heteroatoms. The van der Waals surface area contributed by atoms with Crippen LogP contribution in [0.2, 0.25) is 0 Å². The zero-order valence-corrected chi connectivity index (χ0v) is 9.86. The number of nitrogens with zero attached hydrogens (tertiary/aromatic N) is 2. The van der Waals surface area contributed by atoms with Gasteiger partial charge >= 0.3 is 0 Å². The lowest BCUT2D eigenvalue weighted by molar-refractivity contribution is 1.07. The summed E-state index contributed by atoms with van der Waals surface area (Å²) in [6, 6.07) is 10.2. The van der Waals surface area contributed by atoms with Crippen LogP contribution in [-0.2, 0) is 0 Å². The molecule has 2 heterocycles. The Morgan fingerprint density at radius 3 is 2.71 bits per heavy atom. The molecular weight excluding hydrogens is 210 g/mol. The molecule has 0 saturated carbocycles. The standard InChI is InChI=1S/C14H13N3/c1-9-5-3-4-6-11(9)14-13-10(2)16-17-12(13)7-8-15-14/h3-8H,1-2H3,(H,16,17). The van der Waals surface area contributed by atoms with Gasteiger partial charge in [0.2, 0.25) is 0 Å². The van der Waals surface area contributed by atoms with Crippen LogP contribution < -0.4 is 0 Å². The van der Waals surface area contributed by atoms with E-state index in [2.05, 4.69) is 34.2 Å². The Morgan fingerprint density at radius 1 is 1.06 bits per heavy atom. The highest BCUT2D eigenvalue weighted by atomic mass is 15.1. The SMILES string of the molecule is Cc1ccccc1-c1nccc2n[nH]c(C)c12. The van der Waals surface area contributed by atoms with E-state index in [4.69, 9.17) is 0 Å². The van der Waals surface area contributed by atoms with E-state index in [9.17, 15) is 0 Å². The predicted molar refractivity (Wildman–Crippen MR) is 68.8 cm³/mol. The molecule has 0 bridgehead atoms. The van der Waals surface area contributed by atoms with Crippen LogP contribution in [0.15, 0.2) is 36.5 Å². The normalized spacial score (nSPS) is 10.9. The van der Waals surface area contributed by atoms with Crippen molar-refractivity contribution in [3.05, 3.63) is 47.8 Å². The fourth-order valence-corrected chi connectivity index (χ4v) is 2.16. The first-order chi connectivity index (χ1) is 8.27. The maximum absolute atomic E-state index is 4.51. The van der Waals surface area contributed by atoms with Crippen molar-refractivity contribution >= 4 is 10.9 Å². The van der Waals surface area contributed by atoms with Gasteiger partial charge in [-0.15, -0.1) is 0 Å². The van der Waals surface area contributed by atoms with E-state index in [1.165, 1.54) is 11.1 Å². The van der Waals surface area contributed by atoms with Gasteiger partial charge in [0.25, 0.3) is 0 Å². The smallest absolute Gasteiger partial charge is 0.0960 e. The van der Waals surface area contributed by atoms with Crippen molar-refractivity contribution in [1.29, 1.82) is 0 Å². The first kappa shape index (κ1) is 10.0. The summed E-state index contributed by atoms with van der Waals surface area (Å²) in [7, 11) is 0. The summed E-state index contributed by atoms with van der Waals surface area (Å²) >= 11 is 0. The zero-order chi connectivity index (χ0) is 11.8. The summed E-state index contributed by atoms with van der Waals surface area (Å²) in [4.78, 5) is 4.51. The van der Waals surface area contributed by atoms with Gasteiger partial charge in [0, 0.05) is 22.8 Å². The van der Waals surface area contributed by atoms with Crippen molar-refractivity contribution in [2.75, 3.05) is 0 Å². The topological polar surface area (TPSA) is 41.6 Å². The number of rotatable bonds is 1. The number of hydrogen-bond acceptors (Lipinski definition) is 2. The minimum Gasteiger partial charge on any atom is -0.282 e. The van der Waals surface area contributed by atoms with Gasteiger partial charge < -0.3 is 0 Å². The van der Waals surface area contributed by atoms with Crippen molar-refractivity contribution in [2.24, 2.45) is 0 Å². The fourth-order valence-electron chi connectivity index (χ4n) is 2.16. The highest BCUT2D eigenvalue weighted by Crippen LogP contribution is 2.29. The summed E-state index contributed by atoms with van der Waals surface area (Å²) in [6.07, 6.45) is 1.81. The number of aryl methyl sites for hydroxylation is 2. The van der Waals surface area contributed by atoms with Crippen LogP contribution in [0.5, 0.6) is 0 Å². The Morgan fingerprint density at radius 2 is 1.88 bits per heavy atom. The van der Waals surface area contributed by atoms with Crippen LogP contribution in [0, 0.1) is 13.8 Å². The van der Waals surface area contributed by atoms with Crippen LogP contribution in [0.25, 0.3) is 22.2 Å². The lowest BCUT2D eigenvalue weighted by atomic mass is 10.0. The summed E-state index contributed by atoms with van der Waals surface area (Å²) in [6.45, 7) is 4.13. The molecule has 0 spiro atoms. The second-order valence-corrected chi connectivity index (χ2v) is 4.22. The third-order valence-corrected chi connectivity index (χ3v) is 3.05. The van der Waals surface area contributed by atoms with Crippen molar-refractivity contribution in [3.63, 3.8) is 0 Å². The minimum absolute atomic E-state index is 0.968. The monoisotopic (exact) mass is 223 g/mol. The summed E-state index contributed by atoms with van der Waals surface area (Å²) in [5, 5.41) is 8.40. The van der Waals surface area contributed by atoms with Crippen molar-refractivity contribution in [3.8, 4) is 11.3 Å². The van der Waals surface area contributed by atoms with Gasteiger partial charge in [-0.05, 0) is 25.5 Å². The molecule has 2 aromatic heterocycles. The maximum atomic E-state index is 4.51. The lowest BCUT2D eigenvalue weighted by Crippen LogP contribution is -1.88. The molecule has 0 aliphatic heterocycles. The highest BCUT2D eigenvalue weighted by molar-refractivity contribution is 5.94. The molecule has 0 unspecified atom stereocenters. The van der Waals surface area contributed by atoms with E-state index in [1.807, 2.05) is 31.3 Å². The second-order valence-electron chi connectivity index (χ2n) is 4.22. The first-order valence-corrected chi connectivity index (χ1v) is 5.63. The molecule has 3 nitrogen and oxygen atoms in total. The fraction of sp³-hybridized carbons (Fsp3) is 0.143. The average Bonchev–Trinajstić information content (AvgIpc) is 2.72. The Hall–Kier alpha value is -2.16. The first-order valence-electron chi connectivity index (χ1n) is 5.63. The van der Waals surface area contributed by atoms with E-state index in [-0.39, 0.29) is 0 Å². The number of pyridine rings is 1. The van der Waals surface area contributed by atoms with Crippen LogP contribution in [0.3, 0.4) is 0 Å². The number of aromatic nitrogens is 3. The third kappa shape index (κ3) is 1.51. The van der Waals surface area contributed by atoms with Gasteiger partial charge in [0.1, 0.15) is 0 Å². The van der Waals surface area contributed by atoms with E-state index in [0.717, 1.165) is 22.3 Å². The van der Waals surface area contributed by atoms with E-state index >= 15 is 0 Å². The minimum atomic E-state index is 0.968. The number of aromatic amines is 1. The van der Waals surface area contributed by atoms with E-state index in [0.29, 0.717) is 0 Å². The maximum Gasteiger partial charge on any atom is 0.0960 e. The molecule has 17 heavy (non-hydrogen) atoms. The number of benzene rings is 1. The zero-order valence-electron chi connectivity index (χ0n) is 9.86. The number of hydrogen-bond donors (Lipinski definition) is 1. The molecule has 1 aromatic carbocycles. The molecule has 1 N–H and O–H groups in total. The molecule has 84 valence electrons. The van der Waals surface area contributed by atoms with E-state index in [1.54, 1.807) is 0 Å². The second kappa shape index (κ2) is 3.70. The van der Waals surface area contributed by atoms with E-state index < -0.39 is 0 Å². The Labute approximate surface area is 99.5 Å². The summed E-state index contributed by atoms with van der Waals surface area (Å²) < 4.78 is 0. The molecule has 0 aliphatic carbocycles. The number of H-pyrrole nitrogens is 1. The highest BCUT2D eigenvalue weighted by Gasteiger charge is 2.11. The molecule has 0 saturated heterocycles. The van der Waals surface area contributed by atoms with Gasteiger partial charge in [0.15, 0.2) is 0 Å². The average molecular weight is 223 g/mol. The van der Waals surface area contributed by atoms with Gasteiger partial charge in [-0.3, -0.25) is 10.1 Å². The van der Waals surface area contributed by atoms with Crippen LogP contribution >= 0.6 is 0 Å². The van der Waals surface area contributed by atoms with Crippen LogP contribution in [0.1, 0.15) is 11.3 Å². The molecule has 3 aromatic rings. The molecular formula is C14H13N3. The van der Waals surface area contributed by atoms with Crippen LogP contribution in [0.4, 0.5) is 0 Å².